The summed E-state index contributed by atoms with van der Waals surface area (Å²) in [4.78, 5) is 14.6. The summed E-state index contributed by atoms with van der Waals surface area (Å²) in [5.41, 5.74) is 6.02. The van der Waals surface area contributed by atoms with E-state index in [4.69, 9.17) is 5.73 Å². The monoisotopic (exact) mass is 253 g/mol. The molecular weight excluding hydrogens is 226 g/mol. The number of nitrogens with two attached hydrogens (primary N) is 1. The summed E-state index contributed by atoms with van der Waals surface area (Å²) in [7, 11) is 2.14. The molecule has 0 spiro atoms. The van der Waals surface area contributed by atoms with E-state index in [2.05, 4.69) is 24.2 Å². The number of carbonyl (C=O) groups is 1. The SMILES string of the molecule is CC1CC(N)CC(C(=O)NC2CCN(C)CC2)C1. The van der Waals surface area contributed by atoms with E-state index in [9.17, 15) is 4.79 Å². The lowest BCUT2D eigenvalue weighted by Crippen LogP contribution is -2.47. The summed E-state index contributed by atoms with van der Waals surface area (Å²) in [5, 5.41) is 3.23. The van der Waals surface area contributed by atoms with Gasteiger partial charge in [0.15, 0.2) is 0 Å². The van der Waals surface area contributed by atoms with Crippen LogP contribution in [0.25, 0.3) is 0 Å². The summed E-state index contributed by atoms with van der Waals surface area (Å²) < 4.78 is 0. The molecule has 2 rings (SSSR count). The van der Waals surface area contributed by atoms with Crippen LogP contribution in [-0.4, -0.2) is 43.0 Å². The molecule has 1 saturated heterocycles. The zero-order chi connectivity index (χ0) is 13.1. The van der Waals surface area contributed by atoms with Gasteiger partial charge in [-0.3, -0.25) is 4.79 Å². The molecule has 3 atom stereocenters. The molecule has 1 aliphatic carbocycles. The quantitative estimate of drug-likeness (QED) is 0.770. The number of hydrogen-bond acceptors (Lipinski definition) is 3. The minimum Gasteiger partial charge on any atom is -0.353 e. The van der Waals surface area contributed by atoms with E-state index >= 15 is 0 Å². The van der Waals surface area contributed by atoms with Gasteiger partial charge in [0, 0.05) is 18.0 Å². The van der Waals surface area contributed by atoms with Crippen LogP contribution in [0.4, 0.5) is 0 Å². The maximum Gasteiger partial charge on any atom is 0.223 e. The summed E-state index contributed by atoms with van der Waals surface area (Å²) in [6.45, 7) is 4.38. The Hall–Kier alpha value is -0.610. The molecule has 2 fully saturated rings. The van der Waals surface area contributed by atoms with Crippen molar-refractivity contribution >= 4 is 5.91 Å². The third-order valence-corrected chi connectivity index (χ3v) is 4.42. The Labute approximate surface area is 110 Å². The molecule has 0 radical (unpaired) electrons. The van der Waals surface area contributed by atoms with Gasteiger partial charge in [0.05, 0.1) is 0 Å². The van der Waals surface area contributed by atoms with Gasteiger partial charge in [-0.15, -0.1) is 0 Å². The number of amides is 1. The number of hydrogen-bond donors (Lipinski definition) is 2. The second kappa shape index (κ2) is 6.02. The molecule has 3 unspecified atom stereocenters. The molecule has 0 bridgehead atoms. The van der Waals surface area contributed by atoms with Crippen LogP contribution in [0.15, 0.2) is 0 Å². The van der Waals surface area contributed by atoms with Crippen molar-refractivity contribution < 1.29 is 4.79 Å². The molecule has 18 heavy (non-hydrogen) atoms. The first-order valence-corrected chi connectivity index (χ1v) is 7.29. The van der Waals surface area contributed by atoms with Crippen LogP contribution in [0.3, 0.4) is 0 Å². The number of likely N-dealkylation sites (tertiary alicyclic amines) is 1. The van der Waals surface area contributed by atoms with Gasteiger partial charge < -0.3 is 16.0 Å². The van der Waals surface area contributed by atoms with E-state index in [-0.39, 0.29) is 17.9 Å². The molecule has 4 heteroatoms. The van der Waals surface area contributed by atoms with Crippen LogP contribution in [0.1, 0.15) is 39.0 Å². The van der Waals surface area contributed by atoms with Crippen LogP contribution in [0.5, 0.6) is 0 Å². The molecule has 4 nitrogen and oxygen atoms in total. The predicted molar refractivity (Wildman–Crippen MR) is 73.1 cm³/mol. The first-order chi connectivity index (χ1) is 8.54. The standard InChI is InChI=1S/C14H27N3O/c1-10-7-11(9-12(15)8-10)14(18)16-13-3-5-17(2)6-4-13/h10-13H,3-9,15H2,1-2H3,(H,16,18). The average molecular weight is 253 g/mol. The van der Waals surface area contributed by atoms with Crippen LogP contribution < -0.4 is 11.1 Å². The molecule has 3 N–H and O–H groups in total. The van der Waals surface area contributed by atoms with E-state index in [1.165, 1.54) is 0 Å². The van der Waals surface area contributed by atoms with Crippen LogP contribution in [-0.2, 0) is 4.79 Å². The summed E-state index contributed by atoms with van der Waals surface area (Å²) in [6, 6.07) is 0.587. The van der Waals surface area contributed by atoms with Gasteiger partial charge >= 0.3 is 0 Å². The fourth-order valence-corrected chi connectivity index (χ4v) is 3.34. The van der Waals surface area contributed by atoms with Gasteiger partial charge in [0.25, 0.3) is 0 Å². The van der Waals surface area contributed by atoms with Crippen molar-refractivity contribution in [2.24, 2.45) is 17.6 Å². The number of carbonyl (C=O) groups excluding carboxylic acids is 1. The Bertz CT molecular complexity index is 277. The van der Waals surface area contributed by atoms with E-state index in [1.807, 2.05) is 0 Å². The summed E-state index contributed by atoms with van der Waals surface area (Å²) >= 11 is 0. The Balaban J connectivity index is 1.80. The summed E-state index contributed by atoms with van der Waals surface area (Å²) in [6.07, 6.45) is 5.10. The summed E-state index contributed by atoms with van der Waals surface area (Å²) in [5.74, 6) is 0.969. The molecule has 1 aliphatic heterocycles. The molecule has 1 heterocycles. The Kier molecular flexibility index (Phi) is 4.62. The predicted octanol–water partition coefficient (Wildman–Crippen LogP) is 0.960. The van der Waals surface area contributed by atoms with Crippen molar-refractivity contribution in [3.63, 3.8) is 0 Å². The second-order valence-corrected chi connectivity index (χ2v) is 6.36. The van der Waals surface area contributed by atoms with Gasteiger partial charge in [-0.25, -0.2) is 0 Å². The van der Waals surface area contributed by atoms with Crippen LogP contribution in [0, 0.1) is 11.8 Å². The second-order valence-electron chi connectivity index (χ2n) is 6.36. The van der Waals surface area contributed by atoms with Crippen LogP contribution >= 0.6 is 0 Å². The van der Waals surface area contributed by atoms with E-state index < -0.39 is 0 Å². The molecule has 0 aromatic carbocycles. The van der Waals surface area contributed by atoms with Gasteiger partial charge in [0.1, 0.15) is 0 Å². The maximum atomic E-state index is 12.3. The van der Waals surface area contributed by atoms with Crippen molar-refractivity contribution in [2.45, 2.75) is 51.1 Å². The van der Waals surface area contributed by atoms with Crippen molar-refractivity contribution in [3.05, 3.63) is 0 Å². The highest BCUT2D eigenvalue weighted by Crippen LogP contribution is 2.28. The van der Waals surface area contributed by atoms with E-state index in [0.717, 1.165) is 45.2 Å². The lowest BCUT2D eigenvalue weighted by molar-refractivity contribution is -0.127. The highest BCUT2D eigenvalue weighted by atomic mass is 16.1. The lowest BCUT2D eigenvalue weighted by atomic mass is 9.79. The number of rotatable bonds is 2. The maximum absolute atomic E-state index is 12.3. The highest BCUT2D eigenvalue weighted by molar-refractivity contribution is 5.79. The highest BCUT2D eigenvalue weighted by Gasteiger charge is 2.30. The Morgan fingerprint density at radius 2 is 1.89 bits per heavy atom. The molecular formula is C14H27N3O. The fraction of sp³-hybridized carbons (Fsp3) is 0.929. The first-order valence-electron chi connectivity index (χ1n) is 7.29. The minimum atomic E-state index is 0.142. The van der Waals surface area contributed by atoms with Crippen molar-refractivity contribution in [1.82, 2.24) is 10.2 Å². The zero-order valence-electron chi connectivity index (χ0n) is 11.7. The van der Waals surface area contributed by atoms with Crippen LogP contribution in [0.2, 0.25) is 0 Å². The molecule has 104 valence electrons. The fourth-order valence-electron chi connectivity index (χ4n) is 3.34. The third kappa shape index (κ3) is 3.69. The average Bonchev–Trinajstić information content (AvgIpc) is 2.31. The molecule has 1 saturated carbocycles. The third-order valence-electron chi connectivity index (χ3n) is 4.42. The topological polar surface area (TPSA) is 58.4 Å². The zero-order valence-corrected chi connectivity index (χ0v) is 11.7. The normalized spacial score (nSPS) is 35.4. The lowest BCUT2D eigenvalue weighted by Gasteiger charge is -2.34. The Morgan fingerprint density at radius 3 is 2.50 bits per heavy atom. The van der Waals surface area contributed by atoms with Gasteiger partial charge in [-0.2, -0.15) is 0 Å². The van der Waals surface area contributed by atoms with E-state index in [1.54, 1.807) is 0 Å². The molecule has 2 aliphatic rings. The first kappa shape index (κ1) is 13.8. The van der Waals surface area contributed by atoms with Crippen molar-refractivity contribution in [1.29, 1.82) is 0 Å². The van der Waals surface area contributed by atoms with Gasteiger partial charge in [-0.05, 0) is 58.2 Å². The van der Waals surface area contributed by atoms with Crippen molar-refractivity contribution in [2.75, 3.05) is 20.1 Å². The molecule has 0 aromatic rings. The van der Waals surface area contributed by atoms with E-state index in [0.29, 0.717) is 12.0 Å². The molecule has 1 amide bonds. The van der Waals surface area contributed by atoms with Gasteiger partial charge in [0.2, 0.25) is 5.91 Å². The largest absolute Gasteiger partial charge is 0.353 e. The number of piperidine rings is 1. The number of nitrogens with zero attached hydrogens (tertiary/aromatic N) is 1. The Morgan fingerprint density at radius 1 is 1.22 bits per heavy atom. The smallest absolute Gasteiger partial charge is 0.223 e. The minimum absolute atomic E-state index is 0.142. The molecule has 0 aromatic heterocycles. The van der Waals surface area contributed by atoms with Crippen molar-refractivity contribution in [3.8, 4) is 0 Å². The number of nitrogens with one attached hydrogen (secondary N) is 1. The van der Waals surface area contributed by atoms with Gasteiger partial charge in [-0.1, -0.05) is 6.92 Å².